The highest BCUT2D eigenvalue weighted by Gasteiger charge is 2.28. The minimum Gasteiger partial charge on any atom is -0.496 e. The topological polar surface area (TPSA) is 47.6 Å². The van der Waals surface area contributed by atoms with E-state index in [1.807, 2.05) is 22.6 Å². The van der Waals surface area contributed by atoms with E-state index in [0.29, 0.717) is 3.57 Å². The van der Waals surface area contributed by atoms with Crippen molar-refractivity contribution in [2.24, 2.45) is 0 Å². The van der Waals surface area contributed by atoms with Crippen LogP contribution in [0.2, 0.25) is 5.02 Å². The lowest BCUT2D eigenvalue weighted by Gasteiger charge is -2.11. The molecule has 0 unspecified atom stereocenters. The maximum atomic E-state index is 11.8. The normalized spacial score (nSPS) is 11.3. The smallest absolute Gasteiger partial charge is 0.414 e. The molecule has 1 aromatic carbocycles. The Morgan fingerprint density at radius 2 is 2.11 bits per heavy atom. The number of hydrogen-bond acceptors (Lipinski definition) is 3. The van der Waals surface area contributed by atoms with Crippen molar-refractivity contribution in [2.45, 2.75) is 6.18 Å². The molecule has 9 heteroatoms. The van der Waals surface area contributed by atoms with Crippen LogP contribution in [0.25, 0.3) is 0 Å². The molecule has 4 nitrogen and oxygen atoms in total. The third-order valence-corrected chi connectivity index (χ3v) is 3.41. The van der Waals surface area contributed by atoms with Crippen molar-refractivity contribution in [3.63, 3.8) is 0 Å². The zero-order chi connectivity index (χ0) is 14.6. The van der Waals surface area contributed by atoms with E-state index in [1.54, 1.807) is 5.48 Å². The monoisotopic (exact) mass is 409 g/mol. The Bertz CT molecular complexity index is 482. The molecule has 0 aromatic heterocycles. The maximum Gasteiger partial charge on any atom is 0.414 e. The van der Waals surface area contributed by atoms with Crippen LogP contribution in [0.4, 0.5) is 13.2 Å². The molecule has 1 rings (SSSR count). The lowest BCUT2D eigenvalue weighted by Crippen LogP contribution is -2.29. The molecule has 0 saturated carbocycles. The average Bonchev–Trinajstić information content (AvgIpc) is 2.30. The van der Waals surface area contributed by atoms with Gasteiger partial charge in [-0.2, -0.15) is 13.2 Å². The molecule has 19 heavy (non-hydrogen) atoms. The maximum absolute atomic E-state index is 11.8. The van der Waals surface area contributed by atoms with E-state index >= 15 is 0 Å². The first kappa shape index (κ1) is 16.3. The van der Waals surface area contributed by atoms with Crippen molar-refractivity contribution < 1.29 is 27.5 Å². The molecule has 1 aromatic rings. The average molecular weight is 410 g/mol. The van der Waals surface area contributed by atoms with Crippen molar-refractivity contribution in [1.29, 1.82) is 0 Å². The lowest BCUT2D eigenvalue weighted by molar-refractivity contribution is -0.184. The van der Waals surface area contributed by atoms with Crippen LogP contribution in [0.1, 0.15) is 10.4 Å². The Labute approximate surface area is 125 Å². The highest BCUT2D eigenvalue weighted by molar-refractivity contribution is 14.1. The number of rotatable bonds is 4. The van der Waals surface area contributed by atoms with Gasteiger partial charge in [0.25, 0.3) is 5.91 Å². The SMILES string of the molecule is COc1cc(I)c(Cl)cc1C(=O)NOCC(F)(F)F. The molecule has 0 aliphatic heterocycles. The quantitative estimate of drug-likeness (QED) is 0.614. The van der Waals surface area contributed by atoms with Crippen LogP contribution >= 0.6 is 34.2 Å². The summed E-state index contributed by atoms with van der Waals surface area (Å²) in [6.45, 7) is -1.58. The number of hydrogen-bond donors (Lipinski definition) is 1. The van der Waals surface area contributed by atoms with Gasteiger partial charge in [-0.15, -0.1) is 0 Å². The molecule has 0 atom stereocenters. The molecule has 0 spiro atoms. The summed E-state index contributed by atoms with van der Waals surface area (Å²) >= 11 is 7.76. The largest absolute Gasteiger partial charge is 0.496 e. The molecule has 0 aliphatic carbocycles. The zero-order valence-corrected chi connectivity index (χ0v) is 12.4. The fourth-order valence-electron chi connectivity index (χ4n) is 1.11. The number of amides is 1. The lowest BCUT2D eigenvalue weighted by atomic mass is 10.2. The number of halogens is 5. The van der Waals surface area contributed by atoms with E-state index in [1.165, 1.54) is 19.2 Å². The molecule has 0 radical (unpaired) electrons. The van der Waals surface area contributed by atoms with Gasteiger partial charge < -0.3 is 4.74 Å². The van der Waals surface area contributed by atoms with Crippen LogP contribution in [0, 0.1) is 3.57 Å². The second-order valence-corrected chi connectivity index (χ2v) is 4.87. The summed E-state index contributed by atoms with van der Waals surface area (Å²) < 4.78 is 41.1. The van der Waals surface area contributed by atoms with Crippen LogP contribution < -0.4 is 10.2 Å². The number of carbonyl (C=O) groups is 1. The number of alkyl halides is 3. The summed E-state index contributed by atoms with van der Waals surface area (Å²) in [5, 5.41) is 0.280. The summed E-state index contributed by atoms with van der Waals surface area (Å²) in [6.07, 6.45) is -4.53. The molecule has 0 heterocycles. The molecule has 106 valence electrons. The second-order valence-electron chi connectivity index (χ2n) is 3.30. The minimum absolute atomic E-state index is 0.0184. The fourth-order valence-corrected chi connectivity index (χ4v) is 1.72. The van der Waals surface area contributed by atoms with Crippen molar-refractivity contribution in [2.75, 3.05) is 13.7 Å². The van der Waals surface area contributed by atoms with Crippen molar-refractivity contribution >= 4 is 40.1 Å². The van der Waals surface area contributed by atoms with Crippen molar-refractivity contribution in [3.8, 4) is 5.75 Å². The first-order valence-corrected chi connectivity index (χ1v) is 6.22. The molecule has 1 N–H and O–H groups in total. The Morgan fingerprint density at radius 1 is 1.47 bits per heavy atom. The van der Waals surface area contributed by atoms with Crippen LogP contribution in [-0.4, -0.2) is 25.8 Å². The highest BCUT2D eigenvalue weighted by atomic mass is 127. The first-order chi connectivity index (χ1) is 8.74. The molecule has 0 bridgehead atoms. The number of methoxy groups -OCH3 is 1. The number of ether oxygens (including phenoxy) is 1. The van der Waals surface area contributed by atoms with Crippen LogP contribution in [0.5, 0.6) is 5.75 Å². The number of benzene rings is 1. The van der Waals surface area contributed by atoms with Gasteiger partial charge in [0.1, 0.15) is 5.75 Å². The second kappa shape index (κ2) is 6.62. The summed E-state index contributed by atoms with van der Waals surface area (Å²) in [6, 6.07) is 2.77. The van der Waals surface area contributed by atoms with Gasteiger partial charge in [-0.05, 0) is 34.7 Å². The summed E-state index contributed by atoms with van der Waals surface area (Å²) in [5.74, 6) is -0.693. The van der Waals surface area contributed by atoms with E-state index < -0.39 is 18.7 Å². The zero-order valence-electron chi connectivity index (χ0n) is 9.48. The summed E-state index contributed by atoms with van der Waals surface area (Å²) in [7, 11) is 1.33. The fraction of sp³-hybridized carbons (Fsp3) is 0.300. The van der Waals surface area contributed by atoms with Gasteiger partial charge in [-0.1, -0.05) is 11.6 Å². The molecule has 0 saturated heterocycles. The van der Waals surface area contributed by atoms with Crippen molar-refractivity contribution in [3.05, 3.63) is 26.3 Å². The van der Waals surface area contributed by atoms with Gasteiger partial charge in [0.05, 0.1) is 17.7 Å². The molecular weight excluding hydrogens is 401 g/mol. The number of nitrogens with one attached hydrogen (secondary N) is 1. The van der Waals surface area contributed by atoms with Gasteiger partial charge in [0.2, 0.25) is 0 Å². The third-order valence-electron chi connectivity index (χ3n) is 1.89. The van der Waals surface area contributed by atoms with Gasteiger partial charge in [-0.3, -0.25) is 9.63 Å². The predicted octanol–water partition coefficient (Wildman–Crippen LogP) is 3.18. The van der Waals surface area contributed by atoms with Crippen LogP contribution in [0.3, 0.4) is 0 Å². The molecular formula is C10H8ClF3INO3. The minimum atomic E-state index is -4.53. The van der Waals surface area contributed by atoms with Crippen LogP contribution in [0.15, 0.2) is 12.1 Å². The van der Waals surface area contributed by atoms with Gasteiger partial charge in [-0.25, -0.2) is 5.48 Å². The number of carbonyl (C=O) groups excluding carboxylic acids is 1. The van der Waals surface area contributed by atoms with Crippen molar-refractivity contribution in [1.82, 2.24) is 5.48 Å². The third kappa shape index (κ3) is 5.03. The Balaban J connectivity index is 2.79. The van der Waals surface area contributed by atoms with E-state index in [2.05, 4.69) is 4.84 Å². The standard InChI is InChI=1S/C10H8ClF3INO3/c1-18-8-3-7(15)6(11)2-5(8)9(17)16-19-4-10(12,13)14/h2-3H,4H2,1H3,(H,16,17). The summed E-state index contributed by atoms with van der Waals surface area (Å²) in [4.78, 5) is 15.7. The Kier molecular flexibility index (Phi) is 5.68. The number of hydroxylamine groups is 1. The van der Waals surface area contributed by atoms with E-state index in [0.717, 1.165) is 0 Å². The molecule has 0 aliphatic rings. The predicted molar refractivity (Wildman–Crippen MR) is 70.2 cm³/mol. The Hall–Kier alpha value is -0.740. The van der Waals surface area contributed by atoms with E-state index in [9.17, 15) is 18.0 Å². The first-order valence-electron chi connectivity index (χ1n) is 4.76. The molecule has 1 amide bonds. The van der Waals surface area contributed by atoms with Gasteiger partial charge >= 0.3 is 6.18 Å². The van der Waals surface area contributed by atoms with E-state index in [-0.39, 0.29) is 16.3 Å². The van der Waals surface area contributed by atoms with E-state index in [4.69, 9.17) is 16.3 Å². The van der Waals surface area contributed by atoms with Gasteiger partial charge in [0, 0.05) is 3.57 Å². The van der Waals surface area contributed by atoms with Gasteiger partial charge in [0.15, 0.2) is 6.61 Å². The summed E-state index contributed by atoms with van der Waals surface area (Å²) in [5.41, 5.74) is 1.66. The highest BCUT2D eigenvalue weighted by Crippen LogP contribution is 2.28. The van der Waals surface area contributed by atoms with Crippen LogP contribution in [-0.2, 0) is 4.84 Å². The Morgan fingerprint density at radius 3 is 2.63 bits per heavy atom. The molecule has 0 fully saturated rings.